The van der Waals surface area contributed by atoms with E-state index in [1.165, 1.54) is 12.8 Å². The second-order valence-corrected chi connectivity index (χ2v) is 8.27. The maximum atomic E-state index is 12.8. The lowest BCUT2D eigenvalue weighted by Gasteiger charge is -2.30. The molecule has 0 radical (unpaired) electrons. The van der Waals surface area contributed by atoms with Gasteiger partial charge in [0.2, 0.25) is 5.91 Å². The molecule has 1 aliphatic heterocycles. The number of oxazole rings is 1. The summed E-state index contributed by atoms with van der Waals surface area (Å²) in [4.78, 5) is 19.5. The summed E-state index contributed by atoms with van der Waals surface area (Å²) >= 11 is 0. The molecule has 2 aromatic carbocycles. The van der Waals surface area contributed by atoms with Crippen molar-refractivity contribution in [3.8, 4) is 5.75 Å². The number of rotatable bonds is 5. The quantitative estimate of drug-likeness (QED) is 0.647. The third kappa shape index (κ3) is 4.13. The van der Waals surface area contributed by atoms with Crippen molar-refractivity contribution in [1.82, 2.24) is 4.98 Å². The first-order valence-electron chi connectivity index (χ1n) is 10.9. The molecule has 1 N–H and O–H groups in total. The largest absolute Gasteiger partial charge is 0.490 e. The molecule has 0 atom stereocenters. The minimum atomic E-state index is -0.00923. The van der Waals surface area contributed by atoms with Crippen LogP contribution in [0, 0.1) is 5.92 Å². The van der Waals surface area contributed by atoms with E-state index in [0.717, 1.165) is 61.3 Å². The number of hydrogen-bond acceptors (Lipinski definition) is 5. The normalized spacial score (nSPS) is 18.1. The van der Waals surface area contributed by atoms with Gasteiger partial charge in [0.15, 0.2) is 5.58 Å². The highest BCUT2D eigenvalue weighted by molar-refractivity contribution is 5.92. The van der Waals surface area contributed by atoms with Crippen LogP contribution in [0.25, 0.3) is 11.1 Å². The van der Waals surface area contributed by atoms with Gasteiger partial charge in [0, 0.05) is 30.8 Å². The number of para-hydroxylation sites is 2. The predicted octanol–water partition coefficient (Wildman–Crippen LogP) is 5.00. The van der Waals surface area contributed by atoms with E-state index in [0.29, 0.717) is 12.1 Å². The molecule has 0 unspecified atom stereocenters. The summed E-state index contributed by atoms with van der Waals surface area (Å²) in [5.41, 5.74) is 2.47. The van der Waals surface area contributed by atoms with Gasteiger partial charge in [0.25, 0.3) is 6.01 Å². The number of benzene rings is 2. The molecule has 2 heterocycles. The number of carbonyl (C=O) groups is 1. The van der Waals surface area contributed by atoms with Crippen molar-refractivity contribution in [2.75, 3.05) is 23.3 Å². The molecule has 0 bridgehead atoms. The van der Waals surface area contributed by atoms with Gasteiger partial charge in [-0.2, -0.15) is 4.98 Å². The number of aromatic nitrogens is 1. The van der Waals surface area contributed by atoms with Crippen molar-refractivity contribution in [1.29, 1.82) is 0 Å². The van der Waals surface area contributed by atoms with Crippen molar-refractivity contribution in [3.05, 3.63) is 48.5 Å². The van der Waals surface area contributed by atoms with E-state index >= 15 is 0 Å². The maximum Gasteiger partial charge on any atom is 0.298 e. The molecule has 1 amide bonds. The molecular weight excluding hydrogens is 378 g/mol. The third-order valence-corrected chi connectivity index (χ3v) is 6.13. The van der Waals surface area contributed by atoms with Crippen LogP contribution in [-0.2, 0) is 4.79 Å². The highest BCUT2D eigenvalue weighted by atomic mass is 16.5. The molecule has 2 fully saturated rings. The highest BCUT2D eigenvalue weighted by Gasteiger charge is 2.27. The molecule has 0 spiro atoms. The van der Waals surface area contributed by atoms with Gasteiger partial charge in [-0.25, -0.2) is 0 Å². The van der Waals surface area contributed by atoms with E-state index in [9.17, 15) is 4.79 Å². The minimum absolute atomic E-state index is 0.00923. The average Bonchev–Trinajstić information content (AvgIpc) is 3.44. The molecule has 1 saturated carbocycles. The molecule has 6 nitrogen and oxygen atoms in total. The number of nitrogens with one attached hydrogen (secondary N) is 1. The topological polar surface area (TPSA) is 67.6 Å². The first-order valence-corrected chi connectivity index (χ1v) is 10.9. The molecule has 1 aliphatic carbocycles. The van der Waals surface area contributed by atoms with Crippen LogP contribution in [0.1, 0.15) is 38.5 Å². The Morgan fingerprint density at radius 1 is 1.03 bits per heavy atom. The zero-order valence-electron chi connectivity index (χ0n) is 17.0. The number of hydrogen-bond donors (Lipinski definition) is 1. The van der Waals surface area contributed by atoms with Crippen molar-refractivity contribution in [3.63, 3.8) is 0 Å². The molecule has 1 aromatic heterocycles. The number of piperidine rings is 1. The fourth-order valence-electron chi connectivity index (χ4n) is 4.42. The molecule has 30 heavy (non-hydrogen) atoms. The van der Waals surface area contributed by atoms with Gasteiger partial charge >= 0.3 is 0 Å². The van der Waals surface area contributed by atoms with Gasteiger partial charge in [-0.1, -0.05) is 18.2 Å². The predicted molar refractivity (Wildman–Crippen MR) is 117 cm³/mol. The van der Waals surface area contributed by atoms with Gasteiger partial charge in [0.1, 0.15) is 11.3 Å². The Balaban J connectivity index is 1.17. The standard InChI is InChI=1S/C24H27N3O3/c28-23(25-18-6-5-9-20(16-18)29-19-7-1-2-8-19)17-12-14-27(15-13-17)24-26-21-10-3-4-11-22(21)30-24/h3-6,9-11,16-17,19H,1-2,7-8,12-15H2,(H,25,28). The number of carbonyl (C=O) groups excluding carboxylic acids is 1. The van der Waals surface area contributed by atoms with Crippen LogP contribution >= 0.6 is 0 Å². The van der Waals surface area contributed by atoms with Gasteiger partial charge in [-0.05, 0) is 62.8 Å². The summed E-state index contributed by atoms with van der Waals surface area (Å²) in [6, 6.07) is 16.2. The maximum absolute atomic E-state index is 12.8. The molecule has 2 aliphatic rings. The Morgan fingerprint density at radius 2 is 1.83 bits per heavy atom. The van der Waals surface area contributed by atoms with Gasteiger partial charge in [0.05, 0.1) is 6.10 Å². The Bertz CT molecular complexity index is 984. The lowest BCUT2D eigenvalue weighted by Crippen LogP contribution is -2.38. The second-order valence-electron chi connectivity index (χ2n) is 8.27. The van der Waals surface area contributed by atoms with E-state index in [4.69, 9.17) is 9.15 Å². The highest BCUT2D eigenvalue weighted by Crippen LogP contribution is 2.28. The Kier molecular flexibility index (Phi) is 5.30. The summed E-state index contributed by atoms with van der Waals surface area (Å²) < 4.78 is 11.9. The Morgan fingerprint density at radius 3 is 2.63 bits per heavy atom. The van der Waals surface area contributed by atoms with E-state index in [1.54, 1.807) is 0 Å². The summed E-state index contributed by atoms with van der Waals surface area (Å²) in [7, 11) is 0. The minimum Gasteiger partial charge on any atom is -0.490 e. The monoisotopic (exact) mass is 405 g/mol. The number of fused-ring (bicyclic) bond motifs is 1. The number of ether oxygens (including phenoxy) is 1. The first-order chi connectivity index (χ1) is 14.7. The fourth-order valence-corrected chi connectivity index (χ4v) is 4.42. The summed E-state index contributed by atoms with van der Waals surface area (Å²) in [6.45, 7) is 1.52. The molecule has 5 rings (SSSR count). The van der Waals surface area contributed by atoms with E-state index in [-0.39, 0.29) is 11.8 Å². The van der Waals surface area contributed by atoms with Crippen molar-refractivity contribution in [2.24, 2.45) is 5.92 Å². The Labute approximate surface area is 176 Å². The van der Waals surface area contributed by atoms with Crippen LogP contribution < -0.4 is 15.0 Å². The lowest BCUT2D eigenvalue weighted by molar-refractivity contribution is -0.120. The molecule has 3 aromatic rings. The van der Waals surface area contributed by atoms with Crippen molar-refractivity contribution in [2.45, 2.75) is 44.6 Å². The van der Waals surface area contributed by atoms with Crippen LogP contribution in [0.2, 0.25) is 0 Å². The Hall–Kier alpha value is -3.02. The SMILES string of the molecule is O=C(Nc1cccc(OC2CCCC2)c1)C1CCN(c2nc3ccccc3o2)CC1. The van der Waals surface area contributed by atoms with Crippen LogP contribution in [0.4, 0.5) is 11.7 Å². The molecule has 1 saturated heterocycles. The van der Waals surface area contributed by atoms with Gasteiger partial charge in [-0.15, -0.1) is 0 Å². The van der Waals surface area contributed by atoms with Crippen LogP contribution in [0.15, 0.2) is 52.9 Å². The van der Waals surface area contributed by atoms with Crippen molar-refractivity contribution < 1.29 is 13.9 Å². The second kappa shape index (κ2) is 8.38. The van der Waals surface area contributed by atoms with Crippen LogP contribution in [0.3, 0.4) is 0 Å². The van der Waals surface area contributed by atoms with Crippen LogP contribution in [-0.4, -0.2) is 30.1 Å². The summed E-state index contributed by atoms with van der Waals surface area (Å²) in [6.07, 6.45) is 6.59. The van der Waals surface area contributed by atoms with Crippen molar-refractivity contribution >= 4 is 28.7 Å². The number of anilines is 2. The van der Waals surface area contributed by atoms with E-state index in [1.807, 2.05) is 48.5 Å². The lowest BCUT2D eigenvalue weighted by atomic mass is 9.96. The van der Waals surface area contributed by atoms with E-state index < -0.39 is 0 Å². The summed E-state index contributed by atoms with van der Waals surface area (Å²) in [5.74, 6) is 0.903. The number of amides is 1. The third-order valence-electron chi connectivity index (χ3n) is 6.13. The average molecular weight is 405 g/mol. The zero-order chi connectivity index (χ0) is 20.3. The molecule has 6 heteroatoms. The van der Waals surface area contributed by atoms with E-state index in [2.05, 4.69) is 15.2 Å². The summed E-state index contributed by atoms with van der Waals surface area (Å²) in [5, 5.41) is 3.08. The van der Waals surface area contributed by atoms with Gasteiger partial charge in [-0.3, -0.25) is 4.79 Å². The van der Waals surface area contributed by atoms with Gasteiger partial charge < -0.3 is 19.4 Å². The first kappa shape index (κ1) is 19.0. The fraction of sp³-hybridized carbons (Fsp3) is 0.417. The molecular formula is C24H27N3O3. The number of nitrogens with zero attached hydrogens (tertiary/aromatic N) is 2. The molecule has 156 valence electrons. The van der Waals surface area contributed by atoms with Crippen LogP contribution in [0.5, 0.6) is 5.75 Å². The zero-order valence-corrected chi connectivity index (χ0v) is 17.0. The smallest absolute Gasteiger partial charge is 0.298 e.